The predicted octanol–water partition coefficient (Wildman–Crippen LogP) is 1.02. The van der Waals surface area contributed by atoms with Gasteiger partial charge in [0, 0.05) is 6.54 Å². The zero-order valence-electron chi connectivity index (χ0n) is 10.6. The van der Waals surface area contributed by atoms with Gasteiger partial charge in [-0.1, -0.05) is 27.7 Å². The first-order chi connectivity index (χ1) is 7.47. The van der Waals surface area contributed by atoms with Crippen LogP contribution in [0, 0.1) is 11.8 Å². The van der Waals surface area contributed by atoms with Crippen molar-refractivity contribution < 1.29 is 9.59 Å². The fourth-order valence-electron chi connectivity index (χ4n) is 1.85. The summed E-state index contributed by atoms with van der Waals surface area (Å²) in [5.41, 5.74) is 0. The van der Waals surface area contributed by atoms with Gasteiger partial charge in [-0.15, -0.1) is 0 Å². The summed E-state index contributed by atoms with van der Waals surface area (Å²) in [6.45, 7) is 9.18. The number of rotatable bonds is 4. The fraction of sp³-hybridized carbons (Fsp3) is 0.833. The average molecular weight is 226 g/mol. The molecule has 0 bridgehead atoms. The van der Waals surface area contributed by atoms with E-state index in [4.69, 9.17) is 0 Å². The zero-order valence-corrected chi connectivity index (χ0v) is 10.6. The van der Waals surface area contributed by atoms with Gasteiger partial charge in [-0.3, -0.25) is 9.59 Å². The molecule has 1 N–H and O–H groups in total. The molecule has 2 atom stereocenters. The van der Waals surface area contributed by atoms with Gasteiger partial charge in [0.1, 0.15) is 6.04 Å². The van der Waals surface area contributed by atoms with E-state index in [9.17, 15) is 9.59 Å². The molecule has 0 radical (unpaired) electrons. The molecule has 4 heteroatoms. The minimum absolute atomic E-state index is 0.0157. The smallest absolute Gasteiger partial charge is 0.243 e. The van der Waals surface area contributed by atoms with E-state index in [2.05, 4.69) is 26.1 Å². The van der Waals surface area contributed by atoms with Gasteiger partial charge in [0.05, 0.1) is 6.54 Å². The highest BCUT2D eigenvalue weighted by molar-refractivity contribution is 5.94. The maximum Gasteiger partial charge on any atom is 0.243 e. The van der Waals surface area contributed by atoms with E-state index in [0.29, 0.717) is 24.8 Å². The highest BCUT2D eigenvalue weighted by Gasteiger charge is 2.33. The van der Waals surface area contributed by atoms with Gasteiger partial charge in [-0.25, -0.2) is 0 Å². The van der Waals surface area contributed by atoms with E-state index < -0.39 is 0 Å². The molecule has 1 saturated heterocycles. The normalized spacial score (nSPS) is 23.6. The molecule has 1 rings (SSSR count). The van der Waals surface area contributed by atoms with Crippen molar-refractivity contribution in [2.24, 2.45) is 11.8 Å². The summed E-state index contributed by atoms with van der Waals surface area (Å²) in [6.07, 6.45) is 0.683. The van der Waals surface area contributed by atoms with Crippen LogP contribution < -0.4 is 5.32 Å². The Morgan fingerprint density at radius 3 is 2.50 bits per heavy atom. The summed E-state index contributed by atoms with van der Waals surface area (Å²) in [6, 6.07) is -0.276. The zero-order chi connectivity index (χ0) is 12.3. The molecule has 0 aliphatic carbocycles. The largest absolute Gasteiger partial charge is 0.345 e. The van der Waals surface area contributed by atoms with Gasteiger partial charge in [0.25, 0.3) is 0 Å². The molecule has 16 heavy (non-hydrogen) atoms. The van der Waals surface area contributed by atoms with Crippen molar-refractivity contribution in [1.82, 2.24) is 10.2 Å². The van der Waals surface area contributed by atoms with Gasteiger partial charge >= 0.3 is 0 Å². The monoisotopic (exact) mass is 226 g/mol. The lowest BCUT2D eigenvalue weighted by atomic mass is 9.96. The second-order valence-electron chi connectivity index (χ2n) is 4.91. The average Bonchev–Trinajstić information content (AvgIpc) is 2.23. The third-order valence-corrected chi connectivity index (χ3v) is 3.42. The molecule has 1 aliphatic heterocycles. The summed E-state index contributed by atoms with van der Waals surface area (Å²) in [5, 5.41) is 2.64. The second-order valence-corrected chi connectivity index (χ2v) is 4.91. The van der Waals surface area contributed by atoms with Gasteiger partial charge in [0.2, 0.25) is 11.8 Å². The lowest BCUT2D eigenvalue weighted by Gasteiger charge is -2.36. The molecular formula is C12H22N2O2. The Morgan fingerprint density at radius 1 is 1.38 bits per heavy atom. The number of amides is 2. The van der Waals surface area contributed by atoms with Gasteiger partial charge in [-0.05, 0) is 18.3 Å². The van der Waals surface area contributed by atoms with Crippen LogP contribution in [-0.4, -0.2) is 35.8 Å². The number of hydrogen-bond acceptors (Lipinski definition) is 2. The fourth-order valence-corrected chi connectivity index (χ4v) is 1.85. The number of hydrogen-bond donors (Lipinski definition) is 1. The third kappa shape index (κ3) is 2.74. The Bertz CT molecular complexity index is 276. The molecule has 4 nitrogen and oxygen atoms in total. The van der Waals surface area contributed by atoms with Crippen LogP contribution >= 0.6 is 0 Å². The van der Waals surface area contributed by atoms with E-state index in [0.717, 1.165) is 0 Å². The van der Waals surface area contributed by atoms with E-state index >= 15 is 0 Å². The molecule has 0 aromatic heterocycles. The topological polar surface area (TPSA) is 49.4 Å². The van der Waals surface area contributed by atoms with Crippen molar-refractivity contribution in [2.75, 3.05) is 13.1 Å². The Kier molecular flexibility index (Phi) is 4.33. The standard InChI is InChI=1S/C12H22N2O2/c1-5-10-12(16)13-6-11(15)14(10)7-9(4)8(2)3/h8-10H,5-7H2,1-4H3,(H,13,16). The predicted molar refractivity (Wildman–Crippen MR) is 62.8 cm³/mol. The van der Waals surface area contributed by atoms with Gasteiger partial charge in [0.15, 0.2) is 0 Å². The first-order valence-electron chi connectivity index (χ1n) is 6.04. The molecule has 1 heterocycles. The summed E-state index contributed by atoms with van der Waals surface area (Å²) < 4.78 is 0. The number of carbonyl (C=O) groups is 2. The van der Waals surface area contributed by atoms with E-state index in [1.807, 2.05) is 6.92 Å². The van der Waals surface area contributed by atoms with Crippen LogP contribution in [0.15, 0.2) is 0 Å². The van der Waals surface area contributed by atoms with E-state index in [1.165, 1.54) is 0 Å². The minimum atomic E-state index is -0.276. The van der Waals surface area contributed by atoms with Crippen molar-refractivity contribution >= 4 is 11.8 Å². The molecule has 0 spiro atoms. The van der Waals surface area contributed by atoms with Crippen LogP contribution in [0.5, 0.6) is 0 Å². The van der Waals surface area contributed by atoms with Crippen molar-refractivity contribution in [1.29, 1.82) is 0 Å². The summed E-state index contributed by atoms with van der Waals surface area (Å²) in [5.74, 6) is 0.969. The second kappa shape index (κ2) is 5.32. The first kappa shape index (κ1) is 13.0. The first-order valence-corrected chi connectivity index (χ1v) is 6.04. The Balaban J connectivity index is 2.72. The Hall–Kier alpha value is -1.06. The summed E-state index contributed by atoms with van der Waals surface area (Å²) >= 11 is 0. The van der Waals surface area contributed by atoms with Crippen molar-refractivity contribution in [3.63, 3.8) is 0 Å². The number of nitrogens with one attached hydrogen (secondary N) is 1. The molecule has 92 valence electrons. The SMILES string of the molecule is CCC1C(=O)NCC(=O)N1CC(C)C(C)C. The number of nitrogens with zero attached hydrogens (tertiary/aromatic N) is 1. The molecule has 2 unspecified atom stereocenters. The van der Waals surface area contributed by atoms with Crippen LogP contribution in [-0.2, 0) is 9.59 Å². The van der Waals surface area contributed by atoms with Crippen LogP contribution in [0.4, 0.5) is 0 Å². The van der Waals surface area contributed by atoms with E-state index in [1.54, 1.807) is 4.90 Å². The molecule has 1 fully saturated rings. The molecule has 2 amide bonds. The summed E-state index contributed by atoms with van der Waals surface area (Å²) in [7, 11) is 0. The van der Waals surface area contributed by atoms with Gasteiger partial charge < -0.3 is 10.2 Å². The quantitative estimate of drug-likeness (QED) is 0.778. The molecule has 0 aromatic rings. The summed E-state index contributed by atoms with van der Waals surface area (Å²) in [4.78, 5) is 25.1. The van der Waals surface area contributed by atoms with Crippen LogP contribution in [0.2, 0.25) is 0 Å². The maximum absolute atomic E-state index is 11.8. The van der Waals surface area contributed by atoms with E-state index in [-0.39, 0.29) is 24.4 Å². The molecular weight excluding hydrogens is 204 g/mol. The highest BCUT2D eigenvalue weighted by Crippen LogP contribution is 2.16. The lowest BCUT2D eigenvalue weighted by molar-refractivity contribution is -0.146. The number of piperazine rings is 1. The van der Waals surface area contributed by atoms with Crippen molar-refractivity contribution in [3.8, 4) is 0 Å². The van der Waals surface area contributed by atoms with Crippen molar-refractivity contribution in [2.45, 2.75) is 40.2 Å². The number of carbonyl (C=O) groups excluding carboxylic acids is 2. The molecule has 0 aromatic carbocycles. The lowest BCUT2D eigenvalue weighted by Crippen LogP contribution is -2.59. The minimum Gasteiger partial charge on any atom is -0.345 e. The van der Waals surface area contributed by atoms with Crippen LogP contribution in [0.25, 0.3) is 0 Å². The third-order valence-electron chi connectivity index (χ3n) is 3.42. The highest BCUT2D eigenvalue weighted by atomic mass is 16.2. The Morgan fingerprint density at radius 2 is 2.00 bits per heavy atom. The van der Waals surface area contributed by atoms with Crippen LogP contribution in [0.1, 0.15) is 34.1 Å². The maximum atomic E-state index is 11.8. The molecule has 0 saturated carbocycles. The van der Waals surface area contributed by atoms with Crippen LogP contribution in [0.3, 0.4) is 0 Å². The Labute approximate surface area is 97.4 Å². The van der Waals surface area contributed by atoms with Gasteiger partial charge in [-0.2, -0.15) is 0 Å². The molecule has 1 aliphatic rings. The van der Waals surface area contributed by atoms with Crippen molar-refractivity contribution in [3.05, 3.63) is 0 Å².